The van der Waals surface area contributed by atoms with Gasteiger partial charge in [-0.05, 0) is 62.4 Å². The third kappa shape index (κ3) is 6.09. The van der Waals surface area contributed by atoms with Crippen molar-refractivity contribution in [3.63, 3.8) is 0 Å². The fraction of sp³-hybridized carbons (Fsp3) is 0.462. The minimum absolute atomic E-state index is 0.0430. The number of nitrogens with zero attached hydrogens (tertiary/aromatic N) is 1. The monoisotopic (exact) mass is 422 g/mol. The Morgan fingerprint density at radius 2 is 1.77 bits per heavy atom. The standard InChI is InChI=1S/C26H34N2O3/c1-18-9-10-19(2)22(15-18)16-25(29)28(17-21-11-13-24(31-4)14-12-21)20(3)26(30)27-23-7-5-6-8-23/h9-15,20,23H,5-8,16-17H2,1-4H3,(H,27,30)/t20-/m0/s1. The molecule has 0 aromatic heterocycles. The number of methoxy groups -OCH3 is 1. The summed E-state index contributed by atoms with van der Waals surface area (Å²) in [7, 11) is 1.63. The van der Waals surface area contributed by atoms with E-state index < -0.39 is 6.04 Å². The normalized spacial score (nSPS) is 14.8. The van der Waals surface area contributed by atoms with Gasteiger partial charge in [-0.25, -0.2) is 0 Å². The fourth-order valence-electron chi connectivity index (χ4n) is 4.16. The lowest BCUT2D eigenvalue weighted by molar-refractivity contribution is -0.140. The Kier molecular flexibility index (Phi) is 7.72. The molecule has 0 saturated heterocycles. The molecule has 0 heterocycles. The highest BCUT2D eigenvalue weighted by molar-refractivity contribution is 5.88. The zero-order chi connectivity index (χ0) is 22.4. The number of rotatable bonds is 8. The molecular formula is C26H34N2O3. The number of carbonyl (C=O) groups is 2. The highest BCUT2D eigenvalue weighted by atomic mass is 16.5. The summed E-state index contributed by atoms with van der Waals surface area (Å²) >= 11 is 0. The second-order valence-electron chi connectivity index (χ2n) is 8.64. The third-order valence-electron chi connectivity index (χ3n) is 6.23. The topological polar surface area (TPSA) is 58.6 Å². The highest BCUT2D eigenvalue weighted by Crippen LogP contribution is 2.20. The molecule has 166 valence electrons. The van der Waals surface area contributed by atoms with Crippen LogP contribution >= 0.6 is 0 Å². The predicted octanol–water partition coefficient (Wildman–Crippen LogP) is 4.33. The number of aryl methyl sites for hydroxylation is 2. The smallest absolute Gasteiger partial charge is 0.242 e. The summed E-state index contributed by atoms with van der Waals surface area (Å²) in [6.07, 6.45) is 4.63. The van der Waals surface area contributed by atoms with E-state index >= 15 is 0 Å². The van der Waals surface area contributed by atoms with E-state index in [1.807, 2.05) is 51.1 Å². The van der Waals surface area contributed by atoms with E-state index in [-0.39, 0.29) is 24.3 Å². The van der Waals surface area contributed by atoms with Crippen LogP contribution in [-0.2, 0) is 22.6 Å². The average molecular weight is 423 g/mol. The molecule has 5 nitrogen and oxygen atoms in total. The van der Waals surface area contributed by atoms with Crippen molar-refractivity contribution in [2.45, 2.75) is 71.5 Å². The van der Waals surface area contributed by atoms with E-state index in [1.54, 1.807) is 12.0 Å². The molecule has 1 fully saturated rings. The van der Waals surface area contributed by atoms with Crippen molar-refractivity contribution in [3.05, 3.63) is 64.7 Å². The summed E-state index contributed by atoms with van der Waals surface area (Å²) in [5.74, 6) is 0.650. The lowest BCUT2D eigenvalue weighted by atomic mass is 10.0. The zero-order valence-corrected chi connectivity index (χ0v) is 19.1. The van der Waals surface area contributed by atoms with E-state index in [2.05, 4.69) is 17.4 Å². The van der Waals surface area contributed by atoms with Crippen LogP contribution in [0.5, 0.6) is 5.75 Å². The largest absolute Gasteiger partial charge is 0.497 e. The Labute approximate surface area is 185 Å². The SMILES string of the molecule is COc1ccc(CN(C(=O)Cc2cc(C)ccc2C)[C@@H](C)C(=O)NC2CCCC2)cc1. The summed E-state index contributed by atoms with van der Waals surface area (Å²) in [5.41, 5.74) is 4.19. The molecule has 0 bridgehead atoms. The van der Waals surface area contributed by atoms with Gasteiger partial charge in [-0.2, -0.15) is 0 Å². The molecule has 0 aliphatic heterocycles. The van der Waals surface area contributed by atoms with Crippen LogP contribution in [-0.4, -0.2) is 35.9 Å². The van der Waals surface area contributed by atoms with Crippen LogP contribution < -0.4 is 10.1 Å². The van der Waals surface area contributed by atoms with Gasteiger partial charge in [0.1, 0.15) is 11.8 Å². The van der Waals surface area contributed by atoms with Gasteiger partial charge in [-0.3, -0.25) is 9.59 Å². The van der Waals surface area contributed by atoms with Gasteiger partial charge >= 0.3 is 0 Å². The first-order chi connectivity index (χ1) is 14.9. The van der Waals surface area contributed by atoms with Gasteiger partial charge in [-0.15, -0.1) is 0 Å². The average Bonchev–Trinajstić information content (AvgIpc) is 3.27. The van der Waals surface area contributed by atoms with E-state index in [4.69, 9.17) is 4.74 Å². The number of ether oxygens (including phenoxy) is 1. The Balaban J connectivity index is 1.79. The van der Waals surface area contributed by atoms with Gasteiger partial charge < -0.3 is 15.0 Å². The molecule has 3 rings (SSSR count). The van der Waals surface area contributed by atoms with Gasteiger partial charge in [0.25, 0.3) is 0 Å². The number of hydrogen-bond donors (Lipinski definition) is 1. The van der Waals surface area contributed by atoms with Crippen molar-refractivity contribution in [2.24, 2.45) is 0 Å². The molecule has 1 aliphatic carbocycles. The minimum atomic E-state index is -0.541. The molecule has 1 atom stereocenters. The van der Waals surface area contributed by atoms with Crippen molar-refractivity contribution in [2.75, 3.05) is 7.11 Å². The molecule has 2 amide bonds. The fourth-order valence-corrected chi connectivity index (χ4v) is 4.16. The second kappa shape index (κ2) is 10.5. The quantitative estimate of drug-likeness (QED) is 0.689. The molecule has 2 aromatic rings. The van der Waals surface area contributed by atoms with E-state index in [0.29, 0.717) is 6.54 Å². The first-order valence-corrected chi connectivity index (χ1v) is 11.2. The lowest BCUT2D eigenvalue weighted by Crippen LogP contribution is -2.50. The van der Waals surface area contributed by atoms with Crippen LogP contribution in [0.1, 0.15) is 54.9 Å². The number of nitrogens with one attached hydrogen (secondary N) is 1. The minimum Gasteiger partial charge on any atom is -0.497 e. The zero-order valence-electron chi connectivity index (χ0n) is 19.1. The second-order valence-corrected chi connectivity index (χ2v) is 8.64. The summed E-state index contributed by atoms with van der Waals surface area (Å²) in [6.45, 7) is 6.26. The Hall–Kier alpha value is -2.82. The van der Waals surface area contributed by atoms with Crippen molar-refractivity contribution < 1.29 is 14.3 Å². The van der Waals surface area contributed by atoms with E-state index in [0.717, 1.165) is 53.7 Å². The molecule has 5 heteroatoms. The van der Waals surface area contributed by atoms with Gasteiger partial charge in [0.05, 0.1) is 13.5 Å². The molecule has 1 N–H and O–H groups in total. The van der Waals surface area contributed by atoms with E-state index in [9.17, 15) is 9.59 Å². The Morgan fingerprint density at radius 3 is 2.42 bits per heavy atom. The van der Waals surface area contributed by atoms with Gasteiger partial charge in [0.15, 0.2) is 0 Å². The van der Waals surface area contributed by atoms with E-state index in [1.165, 1.54) is 0 Å². The van der Waals surface area contributed by atoms with Crippen LogP contribution in [0.3, 0.4) is 0 Å². The predicted molar refractivity (Wildman–Crippen MR) is 123 cm³/mol. The first-order valence-electron chi connectivity index (χ1n) is 11.2. The number of carbonyl (C=O) groups excluding carboxylic acids is 2. The van der Waals surface area contributed by atoms with Crippen LogP contribution in [0.15, 0.2) is 42.5 Å². The number of hydrogen-bond acceptors (Lipinski definition) is 3. The van der Waals surface area contributed by atoms with Crippen LogP contribution in [0.25, 0.3) is 0 Å². The van der Waals surface area contributed by atoms with Crippen molar-refractivity contribution in [1.82, 2.24) is 10.2 Å². The maximum Gasteiger partial charge on any atom is 0.242 e. The summed E-state index contributed by atoms with van der Waals surface area (Å²) in [6, 6.07) is 13.5. The summed E-state index contributed by atoms with van der Waals surface area (Å²) in [4.78, 5) is 28.1. The Morgan fingerprint density at radius 1 is 1.10 bits per heavy atom. The molecule has 31 heavy (non-hydrogen) atoms. The molecule has 2 aromatic carbocycles. The summed E-state index contributed by atoms with van der Waals surface area (Å²) < 4.78 is 5.24. The molecule has 0 radical (unpaired) electrons. The van der Waals surface area contributed by atoms with Gasteiger partial charge in [0.2, 0.25) is 11.8 Å². The molecular weight excluding hydrogens is 388 g/mol. The highest BCUT2D eigenvalue weighted by Gasteiger charge is 2.28. The first kappa shape index (κ1) is 22.9. The number of benzene rings is 2. The molecule has 1 saturated carbocycles. The van der Waals surface area contributed by atoms with Crippen LogP contribution in [0.2, 0.25) is 0 Å². The van der Waals surface area contributed by atoms with Crippen LogP contribution in [0, 0.1) is 13.8 Å². The Bertz CT molecular complexity index is 901. The maximum absolute atomic E-state index is 13.4. The molecule has 1 aliphatic rings. The van der Waals surface area contributed by atoms with Crippen molar-refractivity contribution >= 4 is 11.8 Å². The third-order valence-corrected chi connectivity index (χ3v) is 6.23. The molecule has 0 spiro atoms. The van der Waals surface area contributed by atoms with Gasteiger partial charge in [0, 0.05) is 12.6 Å². The number of amides is 2. The summed E-state index contributed by atoms with van der Waals surface area (Å²) in [5, 5.41) is 3.15. The van der Waals surface area contributed by atoms with Gasteiger partial charge in [-0.1, -0.05) is 48.7 Å². The van der Waals surface area contributed by atoms with Crippen molar-refractivity contribution in [3.8, 4) is 5.75 Å². The van der Waals surface area contributed by atoms with Crippen molar-refractivity contribution in [1.29, 1.82) is 0 Å². The van der Waals surface area contributed by atoms with Crippen LogP contribution in [0.4, 0.5) is 0 Å². The molecule has 0 unspecified atom stereocenters. The lowest BCUT2D eigenvalue weighted by Gasteiger charge is -2.30. The maximum atomic E-state index is 13.4.